The molecule has 1 spiro atoms. The minimum Gasteiger partial charge on any atom is -0.297 e. The molecule has 2 fully saturated rings. The van der Waals surface area contributed by atoms with Gasteiger partial charge in [0.05, 0.1) is 34.1 Å². The Labute approximate surface area is 213 Å². The van der Waals surface area contributed by atoms with E-state index in [1.807, 2.05) is 60.7 Å². The number of anilines is 1. The van der Waals surface area contributed by atoms with Gasteiger partial charge in [0.25, 0.3) is 5.56 Å². The molecule has 0 saturated carbocycles. The van der Waals surface area contributed by atoms with Gasteiger partial charge in [-0.1, -0.05) is 62.4 Å². The molecule has 3 aliphatic rings. The number of hydrogen-bond acceptors (Lipinski definition) is 5. The van der Waals surface area contributed by atoms with Crippen molar-refractivity contribution in [1.29, 1.82) is 0 Å². The van der Waals surface area contributed by atoms with E-state index in [0.29, 0.717) is 40.4 Å². The zero-order valence-corrected chi connectivity index (χ0v) is 20.6. The van der Waals surface area contributed by atoms with E-state index in [0.717, 1.165) is 5.56 Å². The molecule has 7 heteroatoms. The monoisotopic (exact) mass is 490 g/mol. The zero-order valence-electron chi connectivity index (χ0n) is 20.6. The first kappa shape index (κ1) is 22.1. The number of aromatic nitrogens is 2. The summed E-state index contributed by atoms with van der Waals surface area (Å²) >= 11 is 0. The number of amides is 2. The van der Waals surface area contributed by atoms with Gasteiger partial charge in [0.1, 0.15) is 11.4 Å². The number of benzene rings is 3. The average molecular weight is 491 g/mol. The van der Waals surface area contributed by atoms with Crippen molar-refractivity contribution in [3.63, 3.8) is 0 Å². The van der Waals surface area contributed by atoms with Crippen molar-refractivity contribution in [2.24, 2.45) is 17.8 Å². The molecule has 1 aromatic heterocycles. The molecule has 4 atom stereocenters. The van der Waals surface area contributed by atoms with Crippen LogP contribution in [0.15, 0.2) is 83.7 Å². The molecule has 4 heterocycles. The van der Waals surface area contributed by atoms with E-state index in [4.69, 9.17) is 4.98 Å². The lowest BCUT2D eigenvalue weighted by molar-refractivity contribution is -0.123. The molecule has 2 saturated heterocycles. The third kappa shape index (κ3) is 2.80. The Morgan fingerprint density at radius 2 is 1.59 bits per heavy atom. The molecule has 7 rings (SSSR count). The van der Waals surface area contributed by atoms with Crippen LogP contribution in [0.3, 0.4) is 0 Å². The van der Waals surface area contributed by atoms with Gasteiger partial charge in [-0.3, -0.25) is 24.3 Å². The predicted molar refractivity (Wildman–Crippen MR) is 140 cm³/mol. The first-order valence-electron chi connectivity index (χ1n) is 12.8. The molecular weight excluding hydrogens is 464 g/mol. The highest BCUT2D eigenvalue weighted by atomic mass is 16.2. The fraction of sp³-hybridized carbons (Fsp3) is 0.267. The van der Waals surface area contributed by atoms with Crippen molar-refractivity contribution in [3.8, 4) is 5.69 Å². The Kier molecular flexibility index (Phi) is 4.60. The summed E-state index contributed by atoms with van der Waals surface area (Å²) in [5, 5.41) is 4.27. The van der Waals surface area contributed by atoms with E-state index >= 15 is 0 Å². The van der Waals surface area contributed by atoms with E-state index in [-0.39, 0.29) is 23.4 Å². The summed E-state index contributed by atoms with van der Waals surface area (Å²) in [6, 6.07) is 23.8. The van der Waals surface area contributed by atoms with Crippen molar-refractivity contribution >= 4 is 28.4 Å². The summed E-state index contributed by atoms with van der Waals surface area (Å²) in [5.41, 5.74) is 1.39. The number of hydrogen-bond donors (Lipinski definition) is 1. The Morgan fingerprint density at radius 3 is 2.38 bits per heavy atom. The molecule has 1 N–H and O–H groups in total. The second-order valence-electron chi connectivity index (χ2n) is 10.6. The highest BCUT2D eigenvalue weighted by molar-refractivity contribution is 6.23. The lowest BCUT2D eigenvalue weighted by Gasteiger charge is -2.32. The van der Waals surface area contributed by atoms with Gasteiger partial charge in [-0.25, -0.2) is 9.88 Å². The van der Waals surface area contributed by atoms with Crippen LogP contribution in [0, 0.1) is 17.8 Å². The van der Waals surface area contributed by atoms with E-state index in [1.165, 1.54) is 4.90 Å². The van der Waals surface area contributed by atoms with E-state index < -0.39 is 17.4 Å². The summed E-state index contributed by atoms with van der Waals surface area (Å²) in [5.74, 6) is -0.981. The molecular formula is C30H26N4O3. The van der Waals surface area contributed by atoms with Crippen LogP contribution >= 0.6 is 0 Å². The maximum Gasteiger partial charge on any atom is 0.266 e. The number of carbonyl (C=O) groups excluding carboxylic acids is 2. The average Bonchev–Trinajstić information content (AvgIpc) is 3.47. The zero-order chi connectivity index (χ0) is 25.5. The van der Waals surface area contributed by atoms with Crippen LogP contribution in [0.5, 0.6) is 0 Å². The van der Waals surface area contributed by atoms with Crippen LogP contribution in [0.25, 0.3) is 16.6 Å². The van der Waals surface area contributed by atoms with Crippen molar-refractivity contribution in [2.45, 2.75) is 31.8 Å². The molecule has 2 amide bonds. The van der Waals surface area contributed by atoms with E-state index in [9.17, 15) is 14.4 Å². The van der Waals surface area contributed by atoms with Gasteiger partial charge >= 0.3 is 0 Å². The first-order valence-corrected chi connectivity index (χ1v) is 12.8. The Morgan fingerprint density at radius 1 is 0.892 bits per heavy atom. The van der Waals surface area contributed by atoms with Gasteiger partial charge in [-0.15, -0.1) is 0 Å². The second-order valence-corrected chi connectivity index (χ2v) is 10.6. The molecule has 3 aliphatic heterocycles. The van der Waals surface area contributed by atoms with Gasteiger partial charge in [0.2, 0.25) is 11.8 Å². The topological polar surface area (TPSA) is 84.3 Å². The van der Waals surface area contributed by atoms with Gasteiger partial charge in [0.15, 0.2) is 0 Å². The van der Waals surface area contributed by atoms with Gasteiger partial charge in [0, 0.05) is 11.6 Å². The number of nitrogens with one attached hydrogen (secondary N) is 1. The Balaban J connectivity index is 1.53. The van der Waals surface area contributed by atoms with Crippen LogP contribution in [0.4, 0.5) is 5.69 Å². The number of para-hydroxylation sites is 3. The summed E-state index contributed by atoms with van der Waals surface area (Å²) in [6.45, 7) is 4.23. The van der Waals surface area contributed by atoms with Crippen molar-refractivity contribution in [1.82, 2.24) is 14.9 Å². The molecule has 3 aromatic carbocycles. The summed E-state index contributed by atoms with van der Waals surface area (Å²) < 4.78 is 1.64. The summed E-state index contributed by atoms with van der Waals surface area (Å²) in [4.78, 5) is 48.5. The van der Waals surface area contributed by atoms with Crippen LogP contribution in [0.1, 0.15) is 31.7 Å². The third-order valence-electron chi connectivity index (χ3n) is 8.10. The fourth-order valence-corrected chi connectivity index (χ4v) is 6.76. The number of nitrogens with zero attached hydrogens (tertiary/aromatic N) is 3. The quantitative estimate of drug-likeness (QED) is 0.442. The van der Waals surface area contributed by atoms with Gasteiger partial charge < -0.3 is 0 Å². The van der Waals surface area contributed by atoms with E-state index in [1.54, 1.807) is 22.8 Å². The van der Waals surface area contributed by atoms with Crippen LogP contribution in [-0.4, -0.2) is 27.4 Å². The SMILES string of the molecule is CC(C)C[C@H]1N[C@]2(c3ccccc3-n3c2nc2ccccc2c3=O)[C@H]2C(=O)N(c3ccccc3)C(=O)[C@H]12. The lowest BCUT2D eigenvalue weighted by Crippen LogP contribution is -2.50. The summed E-state index contributed by atoms with van der Waals surface area (Å²) in [7, 11) is 0. The van der Waals surface area contributed by atoms with Gasteiger partial charge in [-0.05, 0) is 42.7 Å². The van der Waals surface area contributed by atoms with Crippen LogP contribution < -0.4 is 15.8 Å². The van der Waals surface area contributed by atoms with Crippen LogP contribution in [-0.2, 0) is 15.1 Å². The number of imide groups is 1. The lowest BCUT2D eigenvalue weighted by atomic mass is 9.75. The highest BCUT2D eigenvalue weighted by Gasteiger charge is 2.69. The normalized spacial score (nSPS) is 25.8. The highest BCUT2D eigenvalue weighted by Crippen LogP contribution is 2.56. The molecule has 0 unspecified atom stereocenters. The van der Waals surface area contributed by atoms with Gasteiger partial charge in [-0.2, -0.15) is 0 Å². The smallest absolute Gasteiger partial charge is 0.266 e. The second kappa shape index (κ2) is 7.70. The molecule has 0 radical (unpaired) electrons. The van der Waals surface area contributed by atoms with Crippen molar-refractivity contribution in [3.05, 3.63) is 101 Å². The largest absolute Gasteiger partial charge is 0.297 e. The molecule has 4 aromatic rings. The Hall–Kier alpha value is -4.10. The van der Waals surface area contributed by atoms with Crippen molar-refractivity contribution in [2.75, 3.05) is 4.90 Å². The van der Waals surface area contributed by atoms with Crippen LogP contribution in [0.2, 0.25) is 0 Å². The van der Waals surface area contributed by atoms with E-state index in [2.05, 4.69) is 19.2 Å². The minimum absolute atomic E-state index is 0.174. The first-order chi connectivity index (χ1) is 17.9. The molecule has 0 aliphatic carbocycles. The molecule has 37 heavy (non-hydrogen) atoms. The standard InChI is InChI=1S/C30H26N4O3/c1-17(2)16-22-24-25(28(37)33(27(24)36)18-10-4-3-5-11-18)30(32-22)20-13-7-9-15-23(20)34-26(35)19-12-6-8-14-21(19)31-29(30)34/h3-15,17,22,24-25,32H,16H2,1-2H3/t22-,24-,25-,30-/m1/s1. The summed E-state index contributed by atoms with van der Waals surface area (Å²) in [6.07, 6.45) is 0.713. The molecule has 0 bridgehead atoms. The van der Waals surface area contributed by atoms with Crippen molar-refractivity contribution < 1.29 is 9.59 Å². The number of carbonyl (C=O) groups is 2. The fourth-order valence-electron chi connectivity index (χ4n) is 6.76. The molecule has 7 nitrogen and oxygen atoms in total. The maximum absolute atomic E-state index is 14.3. The number of rotatable bonds is 3. The number of fused-ring (bicyclic) bond motifs is 8. The third-order valence-corrected chi connectivity index (χ3v) is 8.10. The minimum atomic E-state index is -1.10. The molecule has 184 valence electrons. The Bertz CT molecular complexity index is 1660. The maximum atomic E-state index is 14.3. The predicted octanol–water partition coefficient (Wildman–Crippen LogP) is 3.77.